The van der Waals surface area contributed by atoms with Gasteiger partial charge < -0.3 is 9.84 Å². The predicted octanol–water partition coefficient (Wildman–Crippen LogP) is -0.335. The van der Waals surface area contributed by atoms with Crippen LogP contribution in [0, 0.1) is 11.8 Å². The minimum atomic E-state index is -3.19. The average molecular weight is 249 g/mol. The molecule has 2 fully saturated rings. The molecule has 0 bridgehead atoms. The third-order valence-corrected chi connectivity index (χ3v) is 5.49. The maximum Gasteiger partial charge on any atom is 0.216 e. The van der Waals surface area contributed by atoms with Crippen molar-refractivity contribution in [2.45, 2.75) is 18.9 Å². The summed E-state index contributed by atoms with van der Waals surface area (Å²) in [7, 11) is -1.69. The lowest BCUT2D eigenvalue weighted by molar-refractivity contribution is 0.129. The van der Waals surface area contributed by atoms with Crippen LogP contribution in [0.1, 0.15) is 12.8 Å². The Kier molecular flexibility index (Phi) is 3.53. The minimum absolute atomic E-state index is 0.0407. The summed E-state index contributed by atoms with van der Waals surface area (Å²) in [4.78, 5) is 0. The largest absolute Gasteiger partial charge is 0.393 e. The number of sulfonamides is 1. The molecule has 1 saturated carbocycles. The molecular weight excluding hydrogens is 230 g/mol. The summed E-state index contributed by atoms with van der Waals surface area (Å²) in [6, 6.07) is 0. The summed E-state index contributed by atoms with van der Waals surface area (Å²) >= 11 is 0. The molecule has 0 amide bonds. The Morgan fingerprint density at radius 2 is 2.12 bits per heavy atom. The molecule has 0 spiro atoms. The van der Waals surface area contributed by atoms with Crippen LogP contribution in [-0.4, -0.2) is 56.5 Å². The Labute approximate surface area is 96.4 Å². The smallest absolute Gasteiger partial charge is 0.216 e. The highest BCUT2D eigenvalue weighted by Crippen LogP contribution is 2.39. The van der Waals surface area contributed by atoms with E-state index in [4.69, 9.17) is 4.74 Å². The van der Waals surface area contributed by atoms with E-state index in [-0.39, 0.29) is 24.4 Å². The maximum absolute atomic E-state index is 11.9. The summed E-state index contributed by atoms with van der Waals surface area (Å²) in [6.45, 7) is 1.29. The van der Waals surface area contributed by atoms with Gasteiger partial charge in [-0.05, 0) is 18.8 Å². The fourth-order valence-electron chi connectivity index (χ4n) is 2.74. The molecular formula is C10H19NO4S. The first kappa shape index (κ1) is 12.3. The zero-order valence-electron chi connectivity index (χ0n) is 9.50. The van der Waals surface area contributed by atoms with Crippen molar-refractivity contribution >= 4 is 10.0 Å². The number of hydrogen-bond acceptors (Lipinski definition) is 4. The topological polar surface area (TPSA) is 66.8 Å². The van der Waals surface area contributed by atoms with Crippen molar-refractivity contribution in [1.29, 1.82) is 0 Å². The Bertz CT molecular complexity index is 343. The second kappa shape index (κ2) is 4.60. The van der Waals surface area contributed by atoms with E-state index in [9.17, 15) is 13.5 Å². The van der Waals surface area contributed by atoms with Gasteiger partial charge in [0.05, 0.1) is 18.5 Å². The standard InChI is InChI=1S/C10H19NO4S/c1-15-4-5-16(13,14)11-6-8-2-3-10(12)9(8)7-11/h8-10,12H,2-7H2,1H3. The van der Waals surface area contributed by atoms with Crippen molar-refractivity contribution in [1.82, 2.24) is 4.31 Å². The van der Waals surface area contributed by atoms with Gasteiger partial charge in [-0.1, -0.05) is 0 Å². The highest BCUT2D eigenvalue weighted by atomic mass is 32.2. The Morgan fingerprint density at radius 1 is 1.38 bits per heavy atom. The van der Waals surface area contributed by atoms with Crippen molar-refractivity contribution in [3.8, 4) is 0 Å². The molecule has 1 heterocycles. The van der Waals surface area contributed by atoms with Gasteiger partial charge in [-0.3, -0.25) is 0 Å². The lowest BCUT2D eigenvalue weighted by Crippen LogP contribution is -2.34. The van der Waals surface area contributed by atoms with Crippen LogP contribution in [0.15, 0.2) is 0 Å². The number of fused-ring (bicyclic) bond motifs is 1. The number of ether oxygens (including phenoxy) is 1. The number of aliphatic hydroxyl groups is 1. The molecule has 1 N–H and O–H groups in total. The second-order valence-corrected chi connectivity index (χ2v) is 6.78. The van der Waals surface area contributed by atoms with Crippen LogP contribution < -0.4 is 0 Å². The van der Waals surface area contributed by atoms with Crippen LogP contribution in [-0.2, 0) is 14.8 Å². The second-order valence-electron chi connectivity index (χ2n) is 4.69. The fraction of sp³-hybridized carbons (Fsp3) is 1.00. The van der Waals surface area contributed by atoms with E-state index in [2.05, 4.69) is 0 Å². The normalized spacial score (nSPS) is 35.5. The molecule has 1 saturated heterocycles. The van der Waals surface area contributed by atoms with Gasteiger partial charge >= 0.3 is 0 Å². The summed E-state index contributed by atoms with van der Waals surface area (Å²) in [6.07, 6.45) is 1.45. The van der Waals surface area contributed by atoms with Crippen molar-refractivity contribution in [2.24, 2.45) is 11.8 Å². The third-order valence-electron chi connectivity index (χ3n) is 3.72. The Morgan fingerprint density at radius 3 is 2.75 bits per heavy atom. The molecule has 0 aromatic heterocycles. The number of nitrogens with zero attached hydrogens (tertiary/aromatic N) is 1. The van der Waals surface area contributed by atoms with E-state index in [1.807, 2.05) is 0 Å². The quantitative estimate of drug-likeness (QED) is 0.740. The van der Waals surface area contributed by atoms with E-state index >= 15 is 0 Å². The van der Waals surface area contributed by atoms with E-state index in [0.29, 0.717) is 19.0 Å². The van der Waals surface area contributed by atoms with Crippen LogP contribution in [0.4, 0.5) is 0 Å². The molecule has 0 radical (unpaired) electrons. The van der Waals surface area contributed by atoms with Crippen LogP contribution in [0.25, 0.3) is 0 Å². The van der Waals surface area contributed by atoms with Gasteiger partial charge in [0.25, 0.3) is 0 Å². The molecule has 94 valence electrons. The van der Waals surface area contributed by atoms with Crippen molar-refractivity contribution < 1.29 is 18.3 Å². The molecule has 16 heavy (non-hydrogen) atoms. The number of rotatable bonds is 4. The minimum Gasteiger partial charge on any atom is -0.393 e. The van der Waals surface area contributed by atoms with E-state index in [0.717, 1.165) is 12.8 Å². The monoisotopic (exact) mass is 249 g/mol. The van der Waals surface area contributed by atoms with Gasteiger partial charge in [-0.25, -0.2) is 12.7 Å². The van der Waals surface area contributed by atoms with Crippen LogP contribution in [0.3, 0.4) is 0 Å². The first-order valence-electron chi connectivity index (χ1n) is 5.69. The number of methoxy groups -OCH3 is 1. The predicted molar refractivity (Wildman–Crippen MR) is 59.5 cm³/mol. The van der Waals surface area contributed by atoms with E-state index < -0.39 is 10.0 Å². The Hall–Kier alpha value is -0.170. The van der Waals surface area contributed by atoms with Gasteiger partial charge in [-0.2, -0.15) is 0 Å². The zero-order valence-corrected chi connectivity index (χ0v) is 10.3. The van der Waals surface area contributed by atoms with Gasteiger partial charge in [0.1, 0.15) is 0 Å². The summed E-state index contributed by atoms with van der Waals surface area (Å²) in [5.41, 5.74) is 0. The molecule has 3 atom stereocenters. The first-order chi connectivity index (χ1) is 7.54. The van der Waals surface area contributed by atoms with Gasteiger partial charge in [0, 0.05) is 26.1 Å². The summed E-state index contributed by atoms with van der Waals surface area (Å²) < 4.78 is 30.1. The lowest BCUT2D eigenvalue weighted by atomic mass is 10.00. The van der Waals surface area contributed by atoms with E-state index in [1.54, 1.807) is 0 Å². The highest BCUT2D eigenvalue weighted by Gasteiger charge is 2.45. The zero-order chi connectivity index (χ0) is 11.8. The van der Waals surface area contributed by atoms with Crippen molar-refractivity contribution in [3.05, 3.63) is 0 Å². The lowest BCUT2D eigenvalue weighted by Gasteiger charge is -2.17. The van der Waals surface area contributed by atoms with Crippen molar-refractivity contribution in [2.75, 3.05) is 32.6 Å². The number of aliphatic hydroxyl groups excluding tert-OH is 1. The first-order valence-corrected chi connectivity index (χ1v) is 7.30. The average Bonchev–Trinajstić information content (AvgIpc) is 2.79. The molecule has 2 rings (SSSR count). The van der Waals surface area contributed by atoms with E-state index in [1.165, 1.54) is 11.4 Å². The number of hydrogen-bond donors (Lipinski definition) is 1. The fourth-order valence-corrected chi connectivity index (χ4v) is 4.19. The van der Waals surface area contributed by atoms with Gasteiger partial charge in [-0.15, -0.1) is 0 Å². The van der Waals surface area contributed by atoms with Crippen molar-refractivity contribution in [3.63, 3.8) is 0 Å². The third kappa shape index (κ3) is 2.25. The van der Waals surface area contributed by atoms with Crippen LogP contribution >= 0.6 is 0 Å². The highest BCUT2D eigenvalue weighted by molar-refractivity contribution is 7.89. The van der Waals surface area contributed by atoms with Gasteiger partial charge in [0.2, 0.25) is 10.0 Å². The molecule has 0 aromatic carbocycles. The molecule has 6 heteroatoms. The van der Waals surface area contributed by atoms with Crippen LogP contribution in [0.5, 0.6) is 0 Å². The maximum atomic E-state index is 11.9. The summed E-state index contributed by atoms with van der Waals surface area (Å²) in [5, 5.41) is 9.71. The molecule has 3 unspecified atom stereocenters. The van der Waals surface area contributed by atoms with Crippen LogP contribution in [0.2, 0.25) is 0 Å². The molecule has 1 aliphatic heterocycles. The molecule has 5 nitrogen and oxygen atoms in total. The summed E-state index contributed by atoms with van der Waals surface area (Å²) in [5.74, 6) is 0.545. The molecule has 0 aromatic rings. The van der Waals surface area contributed by atoms with Gasteiger partial charge in [0.15, 0.2) is 0 Å². The molecule has 1 aliphatic carbocycles. The SMILES string of the molecule is COCCS(=O)(=O)N1CC2CCC(O)C2C1. The molecule has 2 aliphatic rings. The Balaban J connectivity index is 1.98.